The number of carboxylic acid groups (broad SMARTS) is 1. The van der Waals surface area contributed by atoms with E-state index in [4.69, 9.17) is 9.52 Å². The summed E-state index contributed by atoms with van der Waals surface area (Å²) in [6.45, 7) is 0. The lowest BCUT2D eigenvalue weighted by Crippen LogP contribution is -2.11. The normalized spacial score (nSPS) is 10.4. The summed E-state index contributed by atoms with van der Waals surface area (Å²) in [7, 11) is 0. The molecule has 0 atom stereocenters. The summed E-state index contributed by atoms with van der Waals surface area (Å²) in [6, 6.07) is 14.8. The number of carboxylic acids is 1. The van der Waals surface area contributed by atoms with E-state index in [1.165, 1.54) is 42.5 Å². The molecule has 3 aromatic rings. The average Bonchev–Trinajstić information content (AvgIpc) is 3.05. The van der Waals surface area contributed by atoms with Gasteiger partial charge in [-0.15, -0.1) is 0 Å². The third kappa shape index (κ3) is 3.17. The molecule has 0 aliphatic rings. The van der Waals surface area contributed by atoms with Gasteiger partial charge in [-0.2, -0.15) is 0 Å². The van der Waals surface area contributed by atoms with E-state index >= 15 is 0 Å². The minimum absolute atomic E-state index is 0.0237. The summed E-state index contributed by atoms with van der Waals surface area (Å²) >= 11 is 0. The Morgan fingerprint density at radius 2 is 1.67 bits per heavy atom. The molecule has 0 aliphatic heterocycles. The van der Waals surface area contributed by atoms with Crippen molar-refractivity contribution in [3.63, 3.8) is 0 Å². The van der Waals surface area contributed by atoms with Crippen LogP contribution in [0.3, 0.4) is 0 Å². The van der Waals surface area contributed by atoms with Gasteiger partial charge >= 0.3 is 5.97 Å². The zero-order valence-corrected chi connectivity index (χ0v) is 12.3. The topological polar surface area (TPSA) is 79.5 Å². The monoisotopic (exact) mass is 325 g/mol. The summed E-state index contributed by atoms with van der Waals surface area (Å²) in [4.78, 5) is 22.9. The van der Waals surface area contributed by atoms with Gasteiger partial charge in [0, 0.05) is 5.69 Å². The average molecular weight is 325 g/mol. The zero-order chi connectivity index (χ0) is 17.1. The smallest absolute Gasteiger partial charge is 0.335 e. The Labute approximate surface area is 136 Å². The fourth-order valence-corrected chi connectivity index (χ4v) is 2.15. The molecular formula is C18H12FNO4. The lowest BCUT2D eigenvalue weighted by molar-refractivity contribution is 0.0696. The number of carbonyl (C=O) groups excluding carboxylic acids is 1. The fraction of sp³-hybridized carbons (Fsp3) is 0. The van der Waals surface area contributed by atoms with Crippen LogP contribution in [0.2, 0.25) is 0 Å². The van der Waals surface area contributed by atoms with Gasteiger partial charge in [-0.05, 0) is 48.5 Å². The highest BCUT2D eigenvalue weighted by Gasteiger charge is 2.14. The maximum atomic E-state index is 13.7. The number of hydrogen-bond donors (Lipinski definition) is 2. The maximum absolute atomic E-state index is 13.7. The third-order valence-corrected chi connectivity index (χ3v) is 3.36. The van der Waals surface area contributed by atoms with Crippen LogP contribution in [0.15, 0.2) is 65.1 Å². The molecule has 0 fully saturated rings. The number of rotatable bonds is 4. The lowest BCUT2D eigenvalue weighted by atomic mass is 10.1. The first-order valence-corrected chi connectivity index (χ1v) is 7.04. The minimum atomic E-state index is -1.05. The molecule has 2 aromatic carbocycles. The molecule has 120 valence electrons. The van der Waals surface area contributed by atoms with Crippen LogP contribution >= 0.6 is 0 Å². The van der Waals surface area contributed by atoms with Gasteiger partial charge in [-0.1, -0.05) is 12.1 Å². The molecule has 3 rings (SSSR count). The molecule has 1 aromatic heterocycles. The van der Waals surface area contributed by atoms with Crippen LogP contribution in [-0.4, -0.2) is 17.0 Å². The van der Waals surface area contributed by atoms with E-state index in [1.54, 1.807) is 18.2 Å². The number of amides is 1. The van der Waals surface area contributed by atoms with Crippen LogP contribution in [0.1, 0.15) is 20.9 Å². The molecule has 1 heterocycles. The third-order valence-electron chi connectivity index (χ3n) is 3.36. The van der Waals surface area contributed by atoms with Crippen LogP contribution < -0.4 is 5.32 Å². The van der Waals surface area contributed by atoms with Gasteiger partial charge in [0.25, 0.3) is 5.91 Å². The number of hydrogen-bond acceptors (Lipinski definition) is 3. The predicted octanol–water partition coefficient (Wildman–Crippen LogP) is 4.04. The van der Waals surface area contributed by atoms with Crippen molar-refractivity contribution in [2.45, 2.75) is 0 Å². The highest BCUT2D eigenvalue weighted by Crippen LogP contribution is 2.25. The predicted molar refractivity (Wildman–Crippen MR) is 85.5 cm³/mol. The number of halogens is 1. The second kappa shape index (κ2) is 6.37. The van der Waals surface area contributed by atoms with Crippen molar-refractivity contribution in [2.75, 3.05) is 5.32 Å². The molecule has 0 unspecified atom stereocenters. The van der Waals surface area contributed by atoms with E-state index in [-0.39, 0.29) is 22.6 Å². The van der Waals surface area contributed by atoms with Crippen LogP contribution in [0.4, 0.5) is 10.1 Å². The molecule has 0 radical (unpaired) electrons. The molecule has 0 aliphatic carbocycles. The molecule has 0 saturated heterocycles. The summed E-state index contributed by atoms with van der Waals surface area (Å²) in [5.41, 5.74) is 0.809. The zero-order valence-electron chi connectivity index (χ0n) is 12.3. The highest BCUT2D eigenvalue weighted by molar-refractivity contribution is 6.02. The first-order chi connectivity index (χ1) is 11.5. The van der Waals surface area contributed by atoms with E-state index in [0.717, 1.165) is 0 Å². The summed E-state index contributed by atoms with van der Waals surface area (Å²) in [6.07, 6.45) is 0. The Morgan fingerprint density at radius 3 is 2.33 bits per heavy atom. The van der Waals surface area contributed by atoms with Crippen molar-refractivity contribution in [1.29, 1.82) is 0 Å². The number of aromatic carboxylic acids is 1. The van der Waals surface area contributed by atoms with Crippen molar-refractivity contribution >= 4 is 17.6 Å². The molecule has 1 amide bonds. The fourth-order valence-electron chi connectivity index (χ4n) is 2.15. The second-order valence-electron chi connectivity index (χ2n) is 4.98. The minimum Gasteiger partial charge on any atom is -0.478 e. The Bertz CT molecular complexity index is 899. The maximum Gasteiger partial charge on any atom is 0.335 e. The van der Waals surface area contributed by atoms with Crippen molar-refractivity contribution in [1.82, 2.24) is 0 Å². The van der Waals surface area contributed by atoms with Gasteiger partial charge in [-0.25, -0.2) is 9.18 Å². The van der Waals surface area contributed by atoms with E-state index < -0.39 is 17.7 Å². The number of benzene rings is 2. The van der Waals surface area contributed by atoms with Crippen molar-refractivity contribution in [2.24, 2.45) is 0 Å². The number of nitrogens with one attached hydrogen (secondary N) is 1. The Morgan fingerprint density at radius 1 is 0.958 bits per heavy atom. The Kier molecular flexibility index (Phi) is 4.11. The lowest BCUT2D eigenvalue weighted by Gasteiger charge is -2.04. The number of anilines is 1. The van der Waals surface area contributed by atoms with Crippen LogP contribution in [-0.2, 0) is 0 Å². The van der Waals surface area contributed by atoms with Gasteiger partial charge in [0.05, 0.1) is 11.1 Å². The SMILES string of the molecule is O=C(O)c1ccc(NC(=O)c2ccc(-c3ccccc3F)o2)cc1. The van der Waals surface area contributed by atoms with Crippen molar-refractivity contribution < 1.29 is 23.5 Å². The molecule has 0 spiro atoms. The quantitative estimate of drug-likeness (QED) is 0.759. The van der Waals surface area contributed by atoms with Gasteiger partial charge in [0.1, 0.15) is 11.6 Å². The first kappa shape index (κ1) is 15.5. The Hall–Kier alpha value is -3.41. The first-order valence-electron chi connectivity index (χ1n) is 7.04. The van der Waals surface area contributed by atoms with E-state index in [0.29, 0.717) is 5.69 Å². The van der Waals surface area contributed by atoms with Gasteiger partial charge in [-0.3, -0.25) is 4.79 Å². The van der Waals surface area contributed by atoms with E-state index in [1.807, 2.05) is 0 Å². The molecular weight excluding hydrogens is 313 g/mol. The molecule has 0 bridgehead atoms. The molecule has 0 saturated carbocycles. The second-order valence-corrected chi connectivity index (χ2v) is 4.98. The molecule has 2 N–H and O–H groups in total. The highest BCUT2D eigenvalue weighted by atomic mass is 19.1. The van der Waals surface area contributed by atoms with Crippen LogP contribution in [0.25, 0.3) is 11.3 Å². The molecule has 24 heavy (non-hydrogen) atoms. The summed E-state index contributed by atoms with van der Waals surface area (Å²) in [5, 5.41) is 11.4. The number of carbonyl (C=O) groups is 2. The van der Waals surface area contributed by atoms with Crippen molar-refractivity contribution in [3.05, 3.63) is 77.8 Å². The largest absolute Gasteiger partial charge is 0.478 e. The van der Waals surface area contributed by atoms with E-state index in [9.17, 15) is 14.0 Å². The number of furan rings is 1. The van der Waals surface area contributed by atoms with Gasteiger partial charge < -0.3 is 14.8 Å². The summed E-state index contributed by atoms with van der Waals surface area (Å²) in [5.74, 6) is -1.73. The molecule has 6 heteroatoms. The summed E-state index contributed by atoms with van der Waals surface area (Å²) < 4.78 is 19.1. The standard InChI is InChI=1S/C18H12FNO4/c19-14-4-2-1-3-13(14)15-9-10-16(24-15)17(21)20-12-7-5-11(6-8-12)18(22)23/h1-10H,(H,20,21)(H,22,23). The van der Waals surface area contributed by atoms with Gasteiger partial charge in [0.15, 0.2) is 5.76 Å². The van der Waals surface area contributed by atoms with Crippen molar-refractivity contribution in [3.8, 4) is 11.3 Å². The van der Waals surface area contributed by atoms with Crippen LogP contribution in [0.5, 0.6) is 0 Å². The molecule has 5 nitrogen and oxygen atoms in total. The van der Waals surface area contributed by atoms with Gasteiger partial charge in [0.2, 0.25) is 0 Å². The van der Waals surface area contributed by atoms with Crippen LogP contribution in [0, 0.1) is 5.82 Å². The Balaban J connectivity index is 1.76. The van der Waals surface area contributed by atoms with E-state index in [2.05, 4.69) is 5.32 Å².